The number of alkyl halides is 2. The summed E-state index contributed by atoms with van der Waals surface area (Å²) in [4.78, 5) is 62.2. The van der Waals surface area contributed by atoms with Crippen LogP contribution in [-0.4, -0.2) is 89.8 Å². The maximum Gasteiger partial charge on any atom is 0.408 e. The molecule has 3 fully saturated rings. The summed E-state index contributed by atoms with van der Waals surface area (Å²) in [6.07, 6.45) is 3.59. The van der Waals surface area contributed by atoms with Crippen LogP contribution in [0.5, 0.6) is 11.5 Å². The maximum absolute atomic E-state index is 14.8. The van der Waals surface area contributed by atoms with E-state index in [0.717, 1.165) is 6.42 Å². The molecule has 316 valence electrons. The maximum atomic E-state index is 14.8. The highest BCUT2D eigenvalue weighted by Gasteiger charge is 2.64. The van der Waals surface area contributed by atoms with Crippen LogP contribution in [0.4, 0.5) is 13.6 Å². The number of allylic oxidation sites excluding steroid dienone is 1. The first kappa shape index (κ1) is 41.6. The third-order valence-electron chi connectivity index (χ3n) is 12.8. The van der Waals surface area contributed by atoms with E-state index in [-0.39, 0.29) is 50.3 Å². The molecule has 7 rings (SSSR count). The molecular weight excluding hydrogens is 777 g/mol. The Bertz CT molecular complexity index is 2130. The lowest BCUT2D eigenvalue weighted by molar-refractivity contribution is -0.141. The van der Waals surface area contributed by atoms with Gasteiger partial charge in [-0.1, -0.05) is 38.8 Å². The minimum absolute atomic E-state index is 0.00370. The average molecular weight is 830 g/mol. The Kier molecular flexibility index (Phi) is 11.2. The third kappa shape index (κ3) is 7.94. The predicted octanol–water partition coefficient (Wildman–Crippen LogP) is 5.38. The lowest BCUT2D eigenvalue weighted by Crippen LogP contribution is -2.58. The van der Waals surface area contributed by atoms with Crippen molar-refractivity contribution in [1.82, 2.24) is 25.2 Å². The van der Waals surface area contributed by atoms with E-state index in [1.54, 1.807) is 32.0 Å². The van der Waals surface area contributed by atoms with E-state index in [4.69, 9.17) is 14.2 Å². The number of aromatic nitrogens is 1. The molecule has 58 heavy (non-hydrogen) atoms. The van der Waals surface area contributed by atoms with Crippen LogP contribution in [0, 0.1) is 11.8 Å². The number of carbonyl (C=O) groups is 4. The zero-order valence-electron chi connectivity index (χ0n) is 33.6. The summed E-state index contributed by atoms with van der Waals surface area (Å²) >= 11 is 0. The van der Waals surface area contributed by atoms with Crippen molar-refractivity contribution in [1.29, 1.82) is 0 Å². The lowest BCUT2D eigenvalue weighted by Gasteiger charge is -2.37. The summed E-state index contributed by atoms with van der Waals surface area (Å²) in [5.41, 5.74) is -2.68. The number of methoxy groups -OCH3 is 1. The van der Waals surface area contributed by atoms with Gasteiger partial charge in [0.2, 0.25) is 21.8 Å². The summed E-state index contributed by atoms with van der Waals surface area (Å²) in [5, 5.41) is 6.16. The molecule has 3 aliphatic heterocycles. The lowest BCUT2D eigenvalue weighted by atomic mass is 9.87. The number of nitrogens with zero attached hydrogens (tertiary/aromatic N) is 2. The molecule has 2 saturated carbocycles. The SMILES string of the molecule is COc1ccc2nc(C(F)F)c3c(c2c1)CC[C@]1(C[C@H]2C(=O)N[C@]4(C(=O)NS(=O)(=O)C5(C)CC5)C[C@H]4/C=C\CCCCC[C@H](NC(=O)O[C@@H](C)C(C)C)C(=O)N2C1)O3. The van der Waals surface area contributed by atoms with Crippen molar-refractivity contribution < 1.29 is 50.6 Å². The minimum atomic E-state index is -4.06. The van der Waals surface area contributed by atoms with Crippen molar-refractivity contribution in [3.63, 3.8) is 0 Å². The molecule has 17 heteroatoms. The number of rotatable bonds is 8. The van der Waals surface area contributed by atoms with Crippen molar-refractivity contribution in [2.75, 3.05) is 13.7 Å². The number of pyridine rings is 1. The Labute approximate surface area is 337 Å². The number of amides is 4. The molecule has 4 amide bonds. The molecule has 1 aromatic carbocycles. The molecule has 5 aliphatic rings. The molecule has 6 atom stereocenters. The largest absolute Gasteiger partial charge is 0.497 e. The highest BCUT2D eigenvalue weighted by molar-refractivity contribution is 7.91. The van der Waals surface area contributed by atoms with Crippen LogP contribution in [0.25, 0.3) is 10.9 Å². The first-order valence-electron chi connectivity index (χ1n) is 20.2. The van der Waals surface area contributed by atoms with Crippen molar-refractivity contribution in [2.45, 2.75) is 139 Å². The van der Waals surface area contributed by atoms with E-state index in [1.807, 2.05) is 26.0 Å². The Morgan fingerprint density at radius 2 is 1.84 bits per heavy atom. The summed E-state index contributed by atoms with van der Waals surface area (Å²) in [6, 6.07) is 2.54. The van der Waals surface area contributed by atoms with Crippen molar-refractivity contribution in [3.05, 3.63) is 41.6 Å². The molecule has 4 heterocycles. The van der Waals surface area contributed by atoms with Crippen LogP contribution in [0.15, 0.2) is 30.4 Å². The van der Waals surface area contributed by atoms with E-state index in [9.17, 15) is 36.4 Å². The summed E-state index contributed by atoms with van der Waals surface area (Å²) < 4.78 is 74.6. The van der Waals surface area contributed by atoms with Crippen molar-refractivity contribution in [3.8, 4) is 11.5 Å². The number of nitrogens with one attached hydrogen (secondary N) is 3. The number of benzene rings is 1. The van der Waals surface area contributed by atoms with Crippen molar-refractivity contribution >= 4 is 44.7 Å². The molecule has 3 N–H and O–H groups in total. The number of ether oxygens (including phenoxy) is 3. The fourth-order valence-corrected chi connectivity index (χ4v) is 9.60. The van der Waals surface area contributed by atoms with Crippen LogP contribution in [0.2, 0.25) is 0 Å². The van der Waals surface area contributed by atoms with E-state index < -0.39 is 85.9 Å². The molecule has 14 nitrogen and oxygen atoms in total. The molecule has 2 aliphatic carbocycles. The van der Waals surface area contributed by atoms with Gasteiger partial charge < -0.3 is 29.7 Å². The molecular formula is C41H53F2N5O9S. The number of halogens is 2. The normalized spacial score (nSPS) is 29.2. The highest BCUT2D eigenvalue weighted by atomic mass is 32.2. The van der Waals surface area contributed by atoms with Gasteiger partial charge in [0.1, 0.15) is 40.8 Å². The number of alkyl carbamates (subject to hydrolysis) is 1. The Morgan fingerprint density at radius 1 is 1.09 bits per heavy atom. The second kappa shape index (κ2) is 15.6. The fourth-order valence-electron chi connectivity index (χ4n) is 8.29. The molecule has 0 bridgehead atoms. The summed E-state index contributed by atoms with van der Waals surface area (Å²) in [5.74, 6) is -2.33. The molecule has 0 radical (unpaired) electrons. The number of hydrogen-bond donors (Lipinski definition) is 3. The Balaban J connectivity index is 1.25. The average Bonchev–Trinajstić information content (AvgIpc) is 4.07. The smallest absolute Gasteiger partial charge is 0.408 e. The van der Waals surface area contributed by atoms with E-state index >= 15 is 0 Å². The first-order valence-corrected chi connectivity index (χ1v) is 21.7. The number of hydrogen-bond acceptors (Lipinski definition) is 10. The van der Waals surface area contributed by atoms with Gasteiger partial charge >= 0.3 is 6.09 Å². The predicted molar refractivity (Wildman–Crippen MR) is 209 cm³/mol. The van der Waals surface area contributed by atoms with Gasteiger partial charge in [-0.2, -0.15) is 0 Å². The van der Waals surface area contributed by atoms with Crippen LogP contribution in [0.1, 0.15) is 110 Å². The van der Waals surface area contributed by atoms with Crippen molar-refractivity contribution in [2.24, 2.45) is 11.8 Å². The molecule has 1 saturated heterocycles. The van der Waals surface area contributed by atoms with Gasteiger partial charge in [-0.3, -0.25) is 19.1 Å². The number of aryl methyl sites for hydroxylation is 1. The summed E-state index contributed by atoms with van der Waals surface area (Å²) in [6.45, 7) is 6.89. The molecule has 2 aromatic rings. The minimum Gasteiger partial charge on any atom is -0.497 e. The number of fused-ring (bicyclic) bond motifs is 5. The monoisotopic (exact) mass is 829 g/mol. The van der Waals surface area contributed by atoms with Gasteiger partial charge in [-0.05, 0) is 89.3 Å². The second-order valence-electron chi connectivity index (χ2n) is 17.2. The van der Waals surface area contributed by atoms with Crippen LogP contribution < -0.4 is 24.8 Å². The first-order chi connectivity index (χ1) is 27.4. The quantitative estimate of drug-likeness (QED) is 0.293. The topological polar surface area (TPSA) is 182 Å². The van der Waals surface area contributed by atoms with Crippen LogP contribution in [-0.2, 0) is 35.6 Å². The third-order valence-corrected chi connectivity index (χ3v) is 14.9. The summed E-state index contributed by atoms with van der Waals surface area (Å²) in [7, 11) is -2.56. The Morgan fingerprint density at radius 3 is 2.53 bits per heavy atom. The van der Waals surface area contributed by atoms with E-state index in [1.165, 1.54) is 12.0 Å². The van der Waals surface area contributed by atoms with Gasteiger partial charge in [0.05, 0.1) is 23.9 Å². The standard InChI is InChI=1S/C41H53F2N5O9S/c1-23(2)24(3)56-38(52)45-30-12-10-8-6-7-9-11-25-20-41(25,37(51)47-58(53,54)39(4)17-18-39)46-35(49)31-21-40(22-48(31)36(30)50)16-15-27-28-19-26(55-5)13-14-29(28)44-32(34(42)43)33(27)57-40/h9,11,13-14,19,23-25,30-31,34H,6-8,10,12,15-18,20-22H2,1-5H3,(H,45,52)(H,46,49)(H,47,51)/b11-9-/t24-,25+,30-,31-,40+,41+/m0/s1. The molecule has 1 spiro atoms. The number of sulfonamides is 1. The van der Waals surface area contributed by atoms with E-state index in [0.29, 0.717) is 54.3 Å². The van der Waals surface area contributed by atoms with Gasteiger partial charge in [0, 0.05) is 23.3 Å². The number of carbonyl (C=O) groups excluding carboxylic acids is 4. The van der Waals surface area contributed by atoms with Gasteiger partial charge in [-0.15, -0.1) is 0 Å². The van der Waals surface area contributed by atoms with Crippen LogP contribution >= 0.6 is 0 Å². The van der Waals surface area contributed by atoms with Gasteiger partial charge in [0.15, 0.2) is 5.75 Å². The zero-order chi connectivity index (χ0) is 41.8. The highest BCUT2D eigenvalue weighted by Crippen LogP contribution is 2.50. The van der Waals surface area contributed by atoms with Crippen LogP contribution in [0.3, 0.4) is 0 Å². The van der Waals surface area contributed by atoms with Gasteiger partial charge in [-0.25, -0.2) is 27.0 Å². The molecule has 1 aromatic heterocycles. The fraction of sp³-hybridized carbons (Fsp3) is 0.634. The Hall–Kier alpha value is -4.54. The molecule has 0 unspecified atom stereocenters. The second-order valence-corrected chi connectivity index (χ2v) is 19.4. The van der Waals surface area contributed by atoms with E-state index in [2.05, 4.69) is 20.3 Å². The zero-order valence-corrected chi connectivity index (χ0v) is 34.4. The van der Waals surface area contributed by atoms with Gasteiger partial charge in [0.25, 0.3) is 12.3 Å².